The first-order valence-electron chi connectivity index (χ1n) is 25.5. The van der Waals surface area contributed by atoms with Crippen molar-refractivity contribution >= 4 is 65.1 Å². The predicted octanol–water partition coefficient (Wildman–Crippen LogP) is 1.63. The van der Waals surface area contributed by atoms with Gasteiger partial charge in [-0.1, -0.05) is 30.3 Å². The van der Waals surface area contributed by atoms with Gasteiger partial charge < -0.3 is 56.5 Å². The first kappa shape index (κ1) is 61.5. The number of carbonyl (C=O) groups is 11. The van der Waals surface area contributed by atoms with Gasteiger partial charge in [-0.2, -0.15) is 0 Å². The molecule has 2 fully saturated rings. The number of benzene rings is 1. The van der Waals surface area contributed by atoms with E-state index in [9.17, 15) is 47.9 Å². The lowest BCUT2D eigenvalue weighted by atomic mass is 9.73. The molecule has 1 aromatic carbocycles. The molecule has 4 heterocycles. The number of esters is 1. The van der Waals surface area contributed by atoms with Crippen molar-refractivity contribution in [3.63, 3.8) is 0 Å². The van der Waals surface area contributed by atoms with Gasteiger partial charge in [0, 0.05) is 44.4 Å². The molecule has 0 radical (unpaired) electrons. The van der Waals surface area contributed by atoms with Gasteiger partial charge in [0.2, 0.25) is 35.4 Å². The van der Waals surface area contributed by atoms with Gasteiger partial charge in [0.25, 0.3) is 11.8 Å². The molecule has 0 bridgehead atoms. The van der Waals surface area contributed by atoms with Gasteiger partial charge >= 0.3 is 12.1 Å². The summed E-state index contributed by atoms with van der Waals surface area (Å²) in [5, 5.41) is 18.4. The zero-order valence-electron chi connectivity index (χ0n) is 47.1. The molecule has 0 spiro atoms. The van der Waals surface area contributed by atoms with E-state index in [-0.39, 0.29) is 43.7 Å². The molecule has 24 heteroatoms. The number of hydrogen-bond donors (Lipinski definition) is 7. The summed E-state index contributed by atoms with van der Waals surface area (Å²) in [7, 11) is 1.15. The van der Waals surface area contributed by atoms with E-state index >= 15 is 4.79 Å². The average molecular weight is 1100 g/mol. The van der Waals surface area contributed by atoms with Crippen LogP contribution in [0.4, 0.5) is 4.79 Å². The lowest BCUT2D eigenvalue weighted by Crippen LogP contribution is -2.71. The van der Waals surface area contributed by atoms with Crippen molar-refractivity contribution in [1.29, 1.82) is 0 Å². The topological polar surface area (TPSA) is 323 Å². The minimum Gasteiger partial charge on any atom is -0.467 e. The number of amides is 9. The Hall–Kier alpha value is -8.31. The number of alkyl carbamates (subject to hydrolysis) is 1. The molecule has 2 aromatic heterocycles. The third-order valence-corrected chi connectivity index (χ3v) is 13.9. The number of likely N-dealkylation sites (tertiary alicyclic amines) is 2. The monoisotopic (exact) mass is 1100 g/mol. The Labute approximate surface area is 459 Å². The maximum atomic E-state index is 15.2. The number of aromatic nitrogens is 2. The largest absolute Gasteiger partial charge is 0.467 e. The zero-order chi connectivity index (χ0) is 59.2. The molecule has 0 saturated carbocycles. The third kappa shape index (κ3) is 14.3. The molecule has 5 rings (SSSR count). The second-order valence-electron chi connectivity index (χ2n) is 23.1. The maximum absolute atomic E-state index is 15.2. The van der Waals surface area contributed by atoms with Gasteiger partial charge in [-0.3, -0.25) is 53.1 Å². The zero-order valence-corrected chi connectivity index (χ0v) is 47.1. The van der Waals surface area contributed by atoms with Gasteiger partial charge in [-0.05, 0) is 126 Å². The molecule has 0 aliphatic carbocycles. The Bertz CT molecular complexity index is 2860. The molecule has 79 heavy (non-hydrogen) atoms. The molecular weight excluding hydrogens is 1020 g/mol. The van der Waals surface area contributed by atoms with E-state index in [0.29, 0.717) is 5.56 Å². The van der Waals surface area contributed by atoms with E-state index in [4.69, 9.17) is 9.47 Å². The van der Waals surface area contributed by atoms with E-state index < -0.39 is 122 Å². The van der Waals surface area contributed by atoms with Crippen LogP contribution in [0.2, 0.25) is 0 Å². The first-order valence-corrected chi connectivity index (χ1v) is 25.5. The third-order valence-electron chi connectivity index (χ3n) is 13.9. The molecular formula is C55H73N11O13. The number of pyridine rings is 2. The van der Waals surface area contributed by atoms with Gasteiger partial charge in [-0.25, -0.2) is 9.59 Å². The fourth-order valence-electron chi connectivity index (χ4n) is 8.83. The molecule has 3 aromatic rings. The van der Waals surface area contributed by atoms with Crippen LogP contribution < -0.4 is 37.2 Å². The van der Waals surface area contributed by atoms with Crippen LogP contribution in [-0.2, 0) is 54.4 Å². The number of ether oxygens (including phenoxy) is 2. The molecule has 7 N–H and O–H groups in total. The van der Waals surface area contributed by atoms with Crippen molar-refractivity contribution in [1.82, 2.24) is 57.0 Å². The SMILES string of the molecule is COC(=O)C(C)(C)NC(=O)C(C)(C)NC(=O)C1(C(=O)C(C)(C)NC(=O)C(C)(C)NC(=O)C2(NC(=O)C(C)(C)NC(=O)C(C)(C)NC(=O)OCc3ccccc3)CCN(C(=O)c3cccnc3)C2)CCN(C(=O)c2cccnc2)C1. The van der Waals surface area contributed by atoms with Crippen molar-refractivity contribution in [3.8, 4) is 0 Å². The molecule has 24 nitrogen and oxygen atoms in total. The number of hydrogen-bond acceptors (Lipinski definition) is 15. The summed E-state index contributed by atoms with van der Waals surface area (Å²) < 4.78 is 10.1. The molecule has 2 aliphatic heterocycles. The van der Waals surface area contributed by atoms with Crippen LogP contribution in [0.15, 0.2) is 79.4 Å². The Morgan fingerprint density at radius 1 is 0.519 bits per heavy atom. The van der Waals surface area contributed by atoms with Gasteiger partial charge in [0.05, 0.1) is 30.3 Å². The lowest BCUT2D eigenvalue weighted by Gasteiger charge is -2.40. The fraction of sp³-hybridized carbons (Fsp3) is 0.509. The van der Waals surface area contributed by atoms with E-state index in [2.05, 4.69) is 47.2 Å². The molecule has 2 aliphatic rings. The number of nitrogens with zero attached hydrogens (tertiary/aromatic N) is 4. The van der Waals surface area contributed by atoms with E-state index in [1.54, 1.807) is 42.5 Å². The quantitative estimate of drug-likeness (QED) is 0.0625. The van der Waals surface area contributed by atoms with Crippen molar-refractivity contribution < 1.29 is 62.2 Å². The number of nitrogens with one attached hydrogen (secondary N) is 7. The number of rotatable bonds is 20. The van der Waals surface area contributed by atoms with Crippen LogP contribution in [0.5, 0.6) is 0 Å². The Morgan fingerprint density at radius 3 is 1.48 bits per heavy atom. The summed E-state index contributed by atoms with van der Waals surface area (Å²) in [5.41, 5.74) is -13.5. The molecule has 426 valence electrons. The highest BCUT2D eigenvalue weighted by Crippen LogP contribution is 2.38. The lowest BCUT2D eigenvalue weighted by molar-refractivity contribution is -0.151. The first-order chi connectivity index (χ1) is 36.5. The Morgan fingerprint density at radius 2 is 0.975 bits per heavy atom. The number of ketones is 1. The average Bonchev–Trinajstić information content (AvgIpc) is 4.19. The summed E-state index contributed by atoms with van der Waals surface area (Å²) in [4.78, 5) is 165. The van der Waals surface area contributed by atoms with Crippen molar-refractivity contribution in [2.75, 3.05) is 33.3 Å². The summed E-state index contributed by atoms with van der Waals surface area (Å²) >= 11 is 0. The molecule has 2 unspecified atom stereocenters. The van der Waals surface area contributed by atoms with Crippen molar-refractivity contribution in [2.45, 2.75) is 141 Å². The number of methoxy groups -OCH3 is 1. The van der Waals surface area contributed by atoms with Gasteiger partial charge in [0.15, 0.2) is 5.78 Å². The minimum atomic E-state index is -2.10. The van der Waals surface area contributed by atoms with E-state index in [1.165, 1.54) is 130 Å². The fourth-order valence-corrected chi connectivity index (χ4v) is 8.83. The highest BCUT2D eigenvalue weighted by atomic mass is 16.5. The van der Waals surface area contributed by atoms with Crippen molar-refractivity contribution in [2.24, 2.45) is 5.41 Å². The van der Waals surface area contributed by atoms with Crippen LogP contribution >= 0.6 is 0 Å². The highest BCUT2D eigenvalue weighted by molar-refractivity contribution is 6.13. The minimum absolute atomic E-state index is 0.0592. The van der Waals surface area contributed by atoms with Crippen LogP contribution in [0.1, 0.15) is 122 Å². The molecule has 2 saturated heterocycles. The number of carbonyl (C=O) groups excluding carboxylic acids is 11. The number of Topliss-reactive ketones (excluding diaryl/α,β-unsaturated/α-hetero) is 1. The summed E-state index contributed by atoms with van der Waals surface area (Å²) in [6.07, 6.45) is 4.27. The van der Waals surface area contributed by atoms with E-state index in [1.807, 2.05) is 0 Å². The summed E-state index contributed by atoms with van der Waals surface area (Å²) in [6.45, 7) is 15.2. The highest BCUT2D eigenvalue weighted by Gasteiger charge is 2.58. The van der Waals surface area contributed by atoms with Crippen LogP contribution in [0.25, 0.3) is 0 Å². The summed E-state index contributed by atoms with van der Waals surface area (Å²) in [5.74, 6) is -8.02. The molecule has 9 amide bonds. The van der Waals surface area contributed by atoms with Crippen LogP contribution in [0, 0.1) is 5.41 Å². The summed E-state index contributed by atoms with van der Waals surface area (Å²) in [6, 6.07) is 15.0. The van der Waals surface area contributed by atoms with Crippen molar-refractivity contribution in [3.05, 3.63) is 96.1 Å². The van der Waals surface area contributed by atoms with Gasteiger partial charge in [-0.15, -0.1) is 0 Å². The smallest absolute Gasteiger partial charge is 0.408 e. The second kappa shape index (κ2) is 23.3. The Balaban J connectivity index is 1.39. The van der Waals surface area contributed by atoms with Gasteiger partial charge in [0.1, 0.15) is 45.3 Å². The van der Waals surface area contributed by atoms with E-state index in [0.717, 1.165) is 7.11 Å². The standard InChI is InChI=1S/C55H73N11O13/c1-48(2,39(69)54(23-27-65(32-54)37(67)35-21-17-25-56-29-35)44(74)61-49(3,4)41(71)60-53(11,12)46(76)78-13)58-40(70)50(5,6)62-45(75)55(24-28-66(33-55)38(68)36-22-18-26-57-30-36)63-43(73)51(7,8)59-42(72)52(9,10)64-47(77)79-31-34-19-15-14-16-20-34/h14-22,25-26,29-30H,23-24,27-28,31-33H2,1-13H3,(H,58,70)(H,59,72)(H,60,71)(H,61,74)(H,62,75)(H,63,73)(H,64,77). The van der Waals surface area contributed by atoms with Crippen LogP contribution in [-0.4, -0.2) is 157 Å². The predicted molar refractivity (Wildman–Crippen MR) is 285 cm³/mol. The Kier molecular flexibility index (Phi) is 18.2. The normalized spacial score (nSPS) is 17.8. The second-order valence-corrected chi connectivity index (χ2v) is 23.1. The molecule has 2 atom stereocenters. The van der Waals surface area contributed by atoms with Crippen LogP contribution in [0.3, 0.4) is 0 Å². The maximum Gasteiger partial charge on any atom is 0.408 e.